The lowest BCUT2D eigenvalue weighted by Crippen LogP contribution is -2.30. The van der Waals surface area contributed by atoms with Gasteiger partial charge in [0.2, 0.25) is 0 Å². The molecule has 0 fully saturated rings. The summed E-state index contributed by atoms with van der Waals surface area (Å²) in [6, 6.07) is 13.3. The summed E-state index contributed by atoms with van der Waals surface area (Å²) in [5.74, 6) is -0.798. The molecule has 0 unspecified atom stereocenters. The molecule has 0 atom stereocenters. The number of amides is 1. The molecule has 7 heteroatoms. The van der Waals surface area contributed by atoms with Crippen molar-refractivity contribution < 1.29 is 23.8 Å². The van der Waals surface area contributed by atoms with Gasteiger partial charge in [-0.25, -0.2) is 4.79 Å². The molecule has 0 aliphatic heterocycles. The van der Waals surface area contributed by atoms with Crippen LogP contribution in [0.3, 0.4) is 0 Å². The molecule has 0 radical (unpaired) electrons. The molecule has 31 heavy (non-hydrogen) atoms. The van der Waals surface area contributed by atoms with Gasteiger partial charge in [-0.2, -0.15) is 0 Å². The molecule has 0 aliphatic rings. The van der Waals surface area contributed by atoms with Gasteiger partial charge in [0.25, 0.3) is 5.91 Å². The third-order valence-electron chi connectivity index (χ3n) is 5.13. The molecule has 0 saturated heterocycles. The van der Waals surface area contributed by atoms with E-state index >= 15 is 0 Å². The molecular formula is C24H25NO6. The molecule has 1 heterocycles. The molecule has 2 N–H and O–H groups in total. The quantitative estimate of drug-likeness (QED) is 0.404. The topological polar surface area (TPSA) is 106 Å². The number of aliphatic carboxylic acids is 1. The highest BCUT2D eigenvalue weighted by Crippen LogP contribution is 2.30. The number of nitrogens with one attached hydrogen (secondary N) is 1. The van der Waals surface area contributed by atoms with Crippen LogP contribution in [0, 0.1) is 13.8 Å². The zero-order chi connectivity index (χ0) is 22.4. The van der Waals surface area contributed by atoms with Crippen molar-refractivity contribution in [3.63, 3.8) is 0 Å². The van der Waals surface area contributed by atoms with Crippen LogP contribution in [-0.4, -0.2) is 30.1 Å². The molecule has 0 saturated carbocycles. The number of carboxylic acids is 1. The van der Waals surface area contributed by atoms with Crippen LogP contribution in [0.25, 0.3) is 11.0 Å². The summed E-state index contributed by atoms with van der Waals surface area (Å²) in [6.07, 6.45) is 0.839. The number of carbonyl (C=O) groups is 2. The second-order valence-corrected chi connectivity index (χ2v) is 7.36. The minimum atomic E-state index is -0.902. The molecule has 0 spiro atoms. The lowest BCUT2D eigenvalue weighted by atomic mass is 9.98. The van der Waals surface area contributed by atoms with Crippen LogP contribution in [0.4, 0.5) is 0 Å². The van der Waals surface area contributed by atoms with E-state index in [4.69, 9.17) is 14.3 Å². The summed E-state index contributed by atoms with van der Waals surface area (Å²) in [5, 5.41) is 12.0. The van der Waals surface area contributed by atoms with Gasteiger partial charge in [-0.05, 0) is 43.5 Å². The monoisotopic (exact) mass is 423 g/mol. The first-order chi connectivity index (χ1) is 14.9. The normalized spacial score (nSPS) is 10.8. The van der Waals surface area contributed by atoms with E-state index in [9.17, 15) is 14.4 Å². The predicted octanol–water partition coefficient (Wildman–Crippen LogP) is 3.36. The summed E-state index contributed by atoms with van der Waals surface area (Å²) in [7, 11) is 0. The van der Waals surface area contributed by atoms with Crippen LogP contribution in [0.5, 0.6) is 5.75 Å². The number of ether oxygens (including phenoxy) is 1. The first-order valence-corrected chi connectivity index (χ1v) is 10.1. The van der Waals surface area contributed by atoms with E-state index in [1.165, 1.54) is 0 Å². The average molecular weight is 423 g/mol. The zero-order valence-electron chi connectivity index (χ0n) is 17.6. The van der Waals surface area contributed by atoms with Crippen molar-refractivity contribution in [1.29, 1.82) is 0 Å². The molecule has 7 nitrogen and oxygen atoms in total. The van der Waals surface area contributed by atoms with Crippen LogP contribution < -0.4 is 15.7 Å². The number of carboxylic acid groups (broad SMARTS) is 1. The molecule has 0 aliphatic carbocycles. The Balaban J connectivity index is 1.75. The van der Waals surface area contributed by atoms with Crippen molar-refractivity contribution in [3.05, 3.63) is 75.1 Å². The number of benzene rings is 2. The second kappa shape index (κ2) is 9.93. The van der Waals surface area contributed by atoms with Crippen molar-refractivity contribution in [2.45, 2.75) is 33.1 Å². The third-order valence-corrected chi connectivity index (χ3v) is 5.13. The van der Waals surface area contributed by atoms with Gasteiger partial charge in [-0.1, -0.05) is 30.3 Å². The first-order valence-electron chi connectivity index (χ1n) is 10.1. The maximum Gasteiger partial charge on any atom is 0.340 e. The van der Waals surface area contributed by atoms with Gasteiger partial charge < -0.3 is 19.6 Å². The fourth-order valence-corrected chi connectivity index (χ4v) is 3.39. The molecule has 2 aromatic carbocycles. The summed E-state index contributed by atoms with van der Waals surface area (Å²) < 4.78 is 11.2. The number of hydrogen-bond acceptors (Lipinski definition) is 5. The van der Waals surface area contributed by atoms with Gasteiger partial charge in [0.15, 0.2) is 6.61 Å². The number of aryl methyl sites for hydroxylation is 2. The molecule has 162 valence electrons. The summed E-state index contributed by atoms with van der Waals surface area (Å²) in [6.45, 7) is 3.74. The summed E-state index contributed by atoms with van der Waals surface area (Å²) >= 11 is 0. The maximum absolute atomic E-state index is 12.7. The fourth-order valence-electron chi connectivity index (χ4n) is 3.39. The molecule has 1 aromatic heterocycles. The highest BCUT2D eigenvalue weighted by Gasteiger charge is 2.16. The largest absolute Gasteiger partial charge is 0.483 e. The Morgan fingerprint density at radius 1 is 1.06 bits per heavy atom. The van der Waals surface area contributed by atoms with E-state index in [2.05, 4.69) is 5.32 Å². The van der Waals surface area contributed by atoms with Gasteiger partial charge >= 0.3 is 11.6 Å². The summed E-state index contributed by atoms with van der Waals surface area (Å²) in [5.41, 5.74) is 3.21. The smallest absolute Gasteiger partial charge is 0.340 e. The Bertz CT molecular complexity index is 1150. The van der Waals surface area contributed by atoms with Gasteiger partial charge in [0.1, 0.15) is 11.3 Å². The Hall–Kier alpha value is -3.61. The highest BCUT2D eigenvalue weighted by molar-refractivity contribution is 5.86. The van der Waals surface area contributed by atoms with E-state index in [0.717, 1.165) is 16.5 Å². The van der Waals surface area contributed by atoms with Gasteiger partial charge in [-0.3, -0.25) is 9.59 Å². The first kappa shape index (κ1) is 22.1. The van der Waals surface area contributed by atoms with Crippen LogP contribution in [0.2, 0.25) is 0 Å². The molecule has 3 aromatic rings. The third kappa shape index (κ3) is 5.51. The van der Waals surface area contributed by atoms with E-state index in [0.29, 0.717) is 35.3 Å². The van der Waals surface area contributed by atoms with E-state index in [-0.39, 0.29) is 31.1 Å². The molecule has 3 rings (SSSR count). The Kier molecular flexibility index (Phi) is 7.07. The van der Waals surface area contributed by atoms with E-state index < -0.39 is 5.97 Å². The Labute approximate surface area is 179 Å². The van der Waals surface area contributed by atoms with Crippen molar-refractivity contribution in [2.24, 2.45) is 0 Å². The fraction of sp³-hybridized carbons (Fsp3) is 0.292. The highest BCUT2D eigenvalue weighted by atomic mass is 16.5. The Morgan fingerprint density at radius 2 is 1.81 bits per heavy atom. The number of fused-ring (bicyclic) bond motifs is 1. The number of carbonyl (C=O) groups excluding carboxylic acids is 1. The van der Waals surface area contributed by atoms with Gasteiger partial charge in [0.05, 0.1) is 0 Å². The predicted molar refractivity (Wildman–Crippen MR) is 117 cm³/mol. The number of hydrogen-bond donors (Lipinski definition) is 2. The van der Waals surface area contributed by atoms with E-state index in [1.807, 2.05) is 43.3 Å². The van der Waals surface area contributed by atoms with Crippen LogP contribution in [-0.2, 0) is 16.0 Å². The molecule has 1 amide bonds. The zero-order valence-corrected chi connectivity index (χ0v) is 17.6. The minimum Gasteiger partial charge on any atom is -0.483 e. The van der Waals surface area contributed by atoms with Crippen LogP contribution >= 0.6 is 0 Å². The standard InChI is InChI=1S/C24H25NO6/c1-15-18-10-11-20(30-14-21(26)25-12-6-9-22(27)28)16(2)23(18)31-24(29)19(15)13-17-7-4-3-5-8-17/h3-5,7-8,10-11H,6,9,12-14H2,1-2H3,(H,25,26)(H,27,28). The van der Waals surface area contributed by atoms with Crippen molar-refractivity contribution >= 4 is 22.8 Å². The van der Waals surface area contributed by atoms with Gasteiger partial charge in [-0.15, -0.1) is 0 Å². The molecule has 0 bridgehead atoms. The Morgan fingerprint density at radius 3 is 2.52 bits per heavy atom. The van der Waals surface area contributed by atoms with Crippen molar-refractivity contribution in [1.82, 2.24) is 5.32 Å². The lowest BCUT2D eigenvalue weighted by molar-refractivity contribution is -0.137. The molecular weight excluding hydrogens is 398 g/mol. The minimum absolute atomic E-state index is 0.00440. The maximum atomic E-state index is 12.7. The van der Waals surface area contributed by atoms with Crippen molar-refractivity contribution in [2.75, 3.05) is 13.2 Å². The summed E-state index contributed by atoms with van der Waals surface area (Å²) in [4.78, 5) is 35.1. The SMILES string of the molecule is Cc1c(Cc2ccccc2)c(=O)oc2c(C)c(OCC(=O)NCCCC(=O)O)ccc12. The van der Waals surface area contributed by atoms with Crippen LogP contribution in [0.1, 0.15) is 35.1 Å². The van der Waals surface area contributed by atoms with Crippen LogP contribution in [0.15, 0.2) is 51.7 Å². The lowest BCUT2D eigenvalue weighted by Gasteiger charge is -2.13. The van der Waals surface area contributed by atoms with Gasteiger partial charge in [0, 0.05) is 35.9 Å². The van der Waals surface area contributed by atoms with E-state index in [1.54, 1.807) is 13.0 Å². The second-order valence-electron chi connectivity index (χ2n) is 7.36. The average Bonchev–Trinajstić information content (AvgIpc) is 2.75. The number of rotatable bonds is 9. The van der Waals surface area contributed by atoms with Crippen molar-refractivity contribution in [3.8, 4) is 5.75 Å².